The van der Waals surface area contributed by atoms with Crippen molar-refractivity contribution in [2.75, 3.05) is 19.8 Å². The van der Waals surface area contributed by atoms with Gasteiger partial charge in [0.1, 0.15) is 12.3 Å². The number of hydrogen-bond donors (Lipinski definition) is 4. The fourth-order valence-electron chi connectivity index (χ4n) is 3.87. The van der Waals surface area contributed by atoms with Crippen molar-refractivity contribution < 1.29 is 29.3 Å². The quantitative estimate of drug-likeness (QED) is 0.368. The molecule has 1 unspecified atom stereocenters. The van der Waals surface area contributed by atoms with Gasteiger partial charge in [0.25, 0.3) is 5.91 Å². The fraction of sp³-hybridized carbons (Fsp3) is 0.250. The van der Waals surface area contributed by atoms with Gasteiger partial charge in [-0.2, -0.15) is 0 Å². The second-order valence-electron chi connectivity index (χ2n) is 7.68. The summed E-state index contributed by atoms with van der Waals surface area (Å²) < 4.78 is 5.49. The number of ether oxygens (including phenoxy) is 1. The van der Waals surface area contributed by atoms with E-state index in [0.717, 1.165) is 22.3 Å². The zero-order valence-electron chi connectivity index (χ0n) is 18.1. The van der Waals surface area contributed by atoms with Crippen LogP contribution >= 0.6 is 11.3 Å². The Balaban J connectivity index is 1.26. The molecule has 0 saturated heterocycles. The highest BCUT2D eigenvalue weighted by Crippen LogP contribution is 2.44. The number of carboxylic acid groups (broad SMARTS) is 1. The molecule has 9 nitrogen and oxygen atoms in total. The third kappa shape index (κ3) is 5.08. The average Bonchev–Trinajstić information content (AvgIpc) is 3.44. The zero-order chi connectivity index (χ0) is 24.1. The highest BCUT2D eigenvalue weighted by atomic mass is 32.1. The number of benzene rings is 2. The van der Waals surface area contributed by atoms with Crippen LogP contribution in [0.3, 0.4) is 0 Å². The molecule has 1 atom stereocenters. The lowest BCUT2D eigenvalue weighted by Crippen LogP contribution is -2.43. The Morgan fingerprint density at radius 2 is 1.71 bits per heavy atom. The molecular weight excluding hydrogens is 458 g/mol. The van der Waals surface area contributed by atoms with Crippen LogP contribution in [0.15, 0.2) is 53.9 Å². The van der Waals surface area contributed by atoms with Gasteiger partial charge < -0.3 is 25.6 Å². The van der Waals surface area contributed by atoms with Gasteiger partial charge in [0.2, 0.25) is 0 Å². The van der Waals surface area contributed by atoms with Crippen LogP contribution in [0, 0.1) is 0 Å². The molecule has 176 valence electrons. The molecule has 0 saturated carbocycles. The molecule has 1 heterocycles. The first kappa shape index (κ1) is 23.4. The molecular formula is C24H23N3O6S. The highest BCUT2D eigenvalue weighted by Gasteiger charge is 2.29. The zero-order valence-corrected chi connectivity index (χ0v) is 18.9. The van der Waals surface area contributed by atoms with Crippen LogP contribution in [0.2, 0.25) is 0 Å². The molecule has 10 heteroatoms. The van der Waals surface area contributed by atoms with E-state index in [-0.39, 0.29) is 24.8 Å². The van der Waals surface area contributed by atoms with Crippen molar-refractivity contribution in [1.29, 1.82) is 0 Å². The van der Waals surface area contributed by atoms with Crippen LogP contribution in [0.25, 0.3) is 11.1 Å². The maximum Gasteiger partial charge on any atom is 0.407 e. The van der Waals surface area contributed by atoms with Crippen LogP contribution in [0.5, 0.6) is 0 Å². The number of aliphatic carboxylic acids is 1. The molecule has 4 N–H and O–H groups in total. The molecule has 0 aliphatic heterocycles. The number of fused-ring (bicyclic) bond motifs is 3. The smallest absolute Gasteiger partial charge is 0.407 e. The standard InChI is InChI=1S/C24H23N3O6S/c28-11-19(23(30)31)27-22(29)20-13-34-21(26-20)9-10-25-24(32)33-12-18-16-7-3-1-5-14(16)15-6-2-4-8-17(15)18/h1-8,13,18-19,28H,9-12H2,(H,25,32)(H,27,29)(H,30,31). The Labute approximate surface area is 199 Å². The number of carbonyl (C=O) groups excluding carboxylic acids is 2. The number of carbonyl (C=O) groups is 3. The number of amides is 2. The normalized spacial score (nSPS) is 13.0. The summed E-state index contributed by atoms with van der Waals surface area (Å²) in [6.07, 6.45) is -0.159. The number of nitrogens with one attached hydrogen (secondary N) is 2. The molecule has 1 aliphatic rings. The van der Waals surface area contributed by atoms with Crippen LogP contribution in [0.1, 0.15) is 32.5 Å². The van der Waals surface area contributed by atoms with Crippen molar-refractivity contribution in [3.05, 3.63) is 75.7 Å². The monoisotopic (exact) mass is 481 g/mol. The van der Waals surface area contributed by atoms with Gasteiger partial charge in [-0.3, -0.25) is 4.79 Å². The summed E-state index contributed by atoms with van der Waals surface area (Å²) in [5, 5.41) is 24.9. The molecule has 0 radical (unpaired) electrons. The van der Waals surface area contributed by atoms with Gasteiger partial charge in [-0.05, 0) is 22.3 Å². The minimum Gasteiger partial charge on any atom is -0.480 e. The van der Waals surface area contributed by atoms with E-state index in [9.17, 15) is 14.4 Å². The number of aliphatic hydroxyl groups is 1. The Kier molecular flexibility index (Phi) is 7.19. The first-order valence-corrected chi connectivity index (χ1v) is 11.5. The predicted octanol–water partition coefficient (Wildman–Crippen LogP) is 2.40. The summed E-state index contributed by atoms with van der Waals surface area (Å²) in [7, 11) is 0. The Hall–Kier alpha value is -3.76. The highest BCUT2D eigenvalue weighted by molar-refractivity contribution is 7.09. The van der Waals surface area contributed by atoms with E-state index in [1.54, 1.807) is 0 Å². The second kappa shape index (κ2) is 10.4. The second-order valence-corrected chi connectivity index (χ2v) is 8.62. The summed E-state index contributed by atoms with van der Waals surface area (Å²) >= 11 is 1.22. The van der Waals surface area contributed by atoms with Gasteiger partial charge in [0.05, 0.1) is 11.6 Å². The van der Waals surface area contributed by atoms with Gasteiger partial charge in [0.15, 0.2) is 6.04 Å². The van der Waals surface area contributed by atoms with Gasteiger partial charge in [-0.25, -0.2) is 14.6 Å². The summed E-state index contributed by atoms with van der Waals surface area (Å²) in [4.78, 5) is 39.4. The van der Waals surface area contributed by atoms with E-state index in [4.69, 9.17) is 14.9 Å². The van der Waals surface area contributed by atoms with Crippen LogP contribution < -0.4 is 10.6 Å². The molecule has 1 aromatic heterocycles. The Morgan fingerprint density at radius 1 is 1.06 bits per heavy atom. The van der Waals surface area contributed by atoms with Gasteiger partial charge in [-0.15, -0.1) is 11.3 Å². The van der Waals surface area contributed by atoms with Crippen LogP contribution in [0.4, 0.5) is 4.79 Å². The molecule has 4 rings (SSSR count). The van der Waals surface area contributed by atoms with Crippen molar-refractivity contribution in [2.45, 2.75) is 18.4 Å². The maximum absolute atomic E-state index is 12.3. The predicted molar refractivity (Wildman–Crippen MR) is 125 cm³/mol. The van der Waals surface area contributed by atoms with E-state index in [1.807, 2.05) is 24.3 Å². The Bertz CT molecular complexity index is 1170. The summed E-state index contributed by atoms with van der Waals surface area (Å²) in [5.41, 5.74) is 4.64. The first-order valence-electron chi connectivity index (χ1n) is 10.7. The van der Waals surface area contributed by atoms with Gasteiger partial charge >= 0.3 is 12.1 Å². The van der Waals surface area contributed by atoms with E-state index in [0.29, 0.717) is 11.4 Å². The van der Waals surface area contributed by atoms with Crippen molar-refractivity contribution in [3.63, 3.8) is 0 Å². The minimum absolute atomic E-state index is 0.0215. The van der Waals surface area contributed by atoms with Gasteiger partial charge in [0, 0.05) is 24.3 Å². The van der Waals surface area contributed by atoms with Crippen LogP contribution in [-0.4, -0.2) is 59.0 Å². The number of thiazole rings is 1. The Morgan fingerprint density at radius 3 is 2.32 bits per heavy atom. The van der Waals surface area contributed by atoms with Crippen LogP contribution in [-0.2, 0) is 16.0 Å². The summed E-state index contributed by atoms with van der Waals surface area (Å²) in [6, 6.07) is 14.8. The maximum atomic E-state index is 12.3. The average molecular weight is 482 g/mol. The molecule has 0 bridgehead atoms. The van der Waals surface area contributed by atoms with E-state index < -0.39 is 30.6 Å². The third-order valence-electron chi connectivity index (χ3n) is 5.52. The molecule has 2 amide bonds. The van der Waals surface area contributed by atoms with Crippen molar-refractivity contribution in [3.8, 4) is 11.1 Å². The number of alkyl carbamates (subject to hydrolysis) is 1. The SMILES string of the molecule is O=C(NCCc1nc(C(=O)NC(CO)C(=O)O)cs1)OCC1c2ccccc2-c2ccccc21. The largest absolute Gasteiger partial charge is 0.480 e. The molecule has 0 spiro atoms. The van der Waals surface area contributed by atoms with E-state index in [2.05, 4.69) is 39.9 Å². The summed E-state index contributed by atoms with van der Waals surface area (Å²) in [6.45, 7) is -0.237. The van der Waals surface area contributed by atoms with Crippen molar-refractivity contribution in [2.24, 2.45) is 0 Å². The molecule has 3 aromatic rings. The minimum atomic E-state index is -1.40. The lowest BCUT2D eigenvalue weighted by atomic mass is 9.98. The summed E-state index contributed by atoms with van der Waals surface area (Å²) in [5.74, 6) is -2.04. The van der Waals surface area contributed by atoms with E-state index >= 15 is 0 Å². The number of rotatable bonds is 9. The van der Waals surface area contributed by atoms with Crippen molar-refractivity contribution >= 4 is 29.3 Å². The number of aromatic nitrogens is 1. The van der Waals surface area contributed by atoms with Crippen molar-refractivity contribution in [1.82, 2.24) is 15.6 Å². The first-order chi connectivity index (χ1) is 16.5. The molecule has 1 aliphatic carbocycles. The molecule has 0 fully saturated rings. The van der Waals surface area contributed by atoms with E-state index in [1.165, 1.54) is 16.7 Å². The number of carboxylic acids is 1. The lowest BCUT2D eigenvalue weighted by molar-refractivity contribution is -0.140. The number of hydrogen-bond acceptors (Lipinski definition) is 7. The lowest BCUT2D eigenvalue weighted by Gasteiger charge is -2.14. The third-order valence-corrected chi connectivity index (χ3v) is 6.43. The topological polar surface area (TPSA) is 138 Å². The number of aliphatic hydroxyl groups excluding tert-OH is 1. The number of nitrogens with zero attached hydrogens (tertiary/aromatic N) is 1. The van der Waals surface area contributed by atoms with Gasteiger partial charge in [-0.1, -0.05) is 48.5 Å². The fourth-order valence-corrected chi connectivity index (χ4v) is 4.65. The molecule has 2 aromatic carbocycles. The molecule has 34 heavy (non-hydrogen) atoms.